The molecule has 0 spiro atoms. The van der Waals surface area contributed by atoms with E-state index < -0.39 is 11.8 Å². The van der Waals surface area contributed by atoms with Gasteiger partial charge in [-0.05, 0) is 31.0 Å². The lowest BCUT2D eigenvalue weighted by molar-refractivity contribution is -0.133. The van der Waals surface area contributed by atoms with Crippen LogP contribution < -0.4 is 24.8 Å². The molecule has 0 aliphatic heterocycles. The molecule has 0 atom stereocenters. The van der Waals surface area contributed by atoms with Crippen molar-refractivity contribution in [1.29, 1.82) is 0 Å². The largest absolute Gasteiger partial charge is 0.493 e. The lowest BCUT2D eigenvalue weighted by Crippen LogP contribution is -2.29. The van der Waals surface area contributed by atoms with Crippen molar-refractivity contribution in [2.75, 3.05) is 32.0 Å². The van der Waals surface area contributed by atoms with Crippen LogP contribution in [0.1, 0.15) is 11.1 Å². The summed E-state index contributed by atoms with van der Waals surface area (Å²) >= 11 is 0. The van der Waals surface area contributed by atoms with Crippen molar-refractivity contribution in [1.82, 2.24) is 0 Å². The highest BCUT2D eigenvalue weighted by atomic mass is 16.5. The third-order valence-electron chi connectivity index (χ3n) is 3.98. The van der Waals surface area contributed by atoms with Crippen LogP contribution in [0.15, 0.2) is 30.3 Å². The van der Waals surface area contributed by atoms with E-state index >= 15 is 0 Å². The maximum atomic E-state index is 12.2. The second-order valence-electron chi connectivity index (χ2n) is 5.57. The van der Waals surface area contributed by atoms with Gasteiger partial charge in [-0.15, -0.1) is 0 Å². The molecule has 7 nitrogen and oxygen atoms in total. The summed E-state index contributed by atoms with van der Waals surface area (Å²) in [7, 11) is 4.42. The Labute approximate surface area is 152 Å². The Balaban J connectivity index is 2.18. The lowest BCUT2D eigenvalue weighted by atomic mass is 10.1. The molecular formula is C19H22N2O5. The van der Waals surface area contributed by atoms with Gasteiger partial charge in [0.05, 0.1) is 21.3 Å². The van der Waals surface area contributed by atoms with E-state index in [2.05, 4.69) is 10.6 Å². The van der Waals surface area contributed by atoms with Gasteiger partial charge in [-0.2, -0.15) is 0 Å². The number of carbonyl (C=O) groups excluding carboxylic acids is 2. The number of anilines is 2. The smallest absolute Gasteiger partial charge is 0.314 e. The molecule has 138 valence electrons. The minimum absolute atomic E-state index is 0.348. The molecule has 7 heteroatoms. The summed E-state index contributed by atoms with van der Waals surface area (Å²) in [6, 6.07) is 8.58. The van der Waals surface area contributed by atoms with Gasteiger partial charge in [0, 0.05) is 23.5 Å². The van der Waals surface area contributed by atoms with Gasteiger partial charge < -0.3 is 24.8 Å². The average Bonchev–Trinajstić information content (AvgIpc) is 2.64. The molecular weight excluding hydrogens is 336 g/mol. The normalized spacial score (nSPS) is 10.0. The molecule has 0 bridgehead atoms. The fourth-order valence-electron chi connectivity index (χ4n) is 2.41. The summed E-state index contributed by atoms with van der Waals surface area (Å²) in [5.41, 5.74) is 2.87. The highest BCUT2D eigenvalue weighted by molar-refractivity contribution is 6.43. The molecule has 0 aliphatic rings. The first-order valence-corrected chi connectivity index (χ1v) is 7.89. The molecule has 0 saturated heterocycles. The fourth-order valence-corrected chi connectivity index (χ4v) is 2.41. The van der Waals surface area contributed by atoms with Crippen molar-refractivity contribution < 1.29 is 23.8 Å². The topological polar surface area (TPSA) is 85.9 Å². The zero-order valence-electron chi connectivity index (χ0n) is 15.4. The van der Waals surface area contributed by atoms with E-state index in [4.69, 9.17) is 14.2 Å². The van der Waals surface area contributed by atoms with E-state index in [1.807, 2.05) is 26.0 Å². The molecule has 0 heterocycles. The number of methoxy groups -OCH3 is 3. The summed E-state index contributed by atoms with van der Waals surface area (Å²) in [5, 5.41) is 5.14. The fraction of sp³-hybridized carbons (Fsp3) is 0.263. The molecule has 0 fully saturated rings. The standard InChI is InChI=1S/C19H22N2O5/c1-11-7-6-8-14(12(11)2)21-19(23)18(22)20-13-9-15(24-3)17(26-5)16(10-13)25-4/h6-10H,1-5H3,(H,20,22)(H,21,23). The number of amides is 2. The first kappa shape index (κ1) is 19.1. The molecule has 2 aromatic carbocycles. The van der Waals surface area contributed by atoms with E-state index in [-0.39, 0.29) is 0 Å². The van der Waals surface area contributed by atoms with Crippen molar-refractivity contribution in [3.8, 4) is 17.2 Å². The number of rotatable bonds is 5. The van der Waals surface area contributed by atoms with Crippen LogP contribution >= 0.6 is 0 Å². The van der Waals surface area contributed by atoms with Crippen LogP contribution in [-0.2, 0) is 9.59 Å². The quantitative estimate of drug-likeness (QED) is 0.803. The van der Waals surface area contributed by atoms with Crippen molar-refractivity contribution >= 4 is 23.2 Å². The van der Waals surface area contributed by atoms with Crippen LogP contribution in [0.2, 0.25) is 0 Å². The number of nitrogens with one attached hydrogen (secondary N) is 2. The van der Waals surface area contributed by atoms with Gasteiger partial charge >= 0.3 is 11.8 Å². The number of hydrogen-bond acceptors (Lipinski definition) is 5. The van der Waals surface area contributed by atoms with E-state index in [0.717, 1.165) is 11.1 Å². The van der Waals surface area contributed by atoms with Crippen LogP contribution in [-0.4, -0.2) is 33.1 Å². The summed E-state index contributed by atoms with van der Waals surface area (Å²) in [6.45, 7) is 3.81. The summed E-state index contributed by atoms with van der Waals surface area (Å²) in [6.07, 6.45) is 0. The third kappa shape index (κ3) is 4.05. The van der Waals surface area contributed by atoms with Crippen LogP contribution in [0, 0.1) is 13.8 Å². The Bertz CT molecular complexity index is 808. The molecule has 0 unspecified atom stereocenters. The predicted octanol–water partition coefficient (Wildman–Crippen LogP) is 2.91. The predicted molar refractivity (Wildman–Crippen MR) is 99.3 cm³/mol. The second-order valence-corrected chi connectivity index (χ2v) is 5.57. The lowest BCUT2D eigenvalue weighted by Gasteiger charge is -2.15. The van der Waals surface area contributed by atoms with Crippen LogP contribution in [0.4, 0.5) is 11.4 Å². The van der Waals surface area contributed by atoms with Crippen LogP contribution in [0.25, 0.3) is 0 Å². The molecule has 2 N–H and O–H groups in total. The average molecular weight is 358 g/mol. The van der Waals surface area contributed by atoms with Crippen LogP contribution in [0.3, 0.4) is 0 Å². The Hall–Kier alpha value is -3.22. The van der Waals surface area contributed by atoms with Crippen molar-refractivity contribution in [3.63, 3.8) is 0 Å². The van der Waals surface area contributed by atoms with Gasteiger partial charge in [-0.1, -0.05) is 12.1 Å². The van der Waals surface area contributed by atoms with Crippen molar-refractivity contribution in [2.45, 2.75) is 13.8 Å². The van der Waals surface area contributed by atoms with Gasteiger partial charge in [-0.3, -0.25) is 9.59 Å². The Kier molecular flexibility index (Phi) is 6.06. The van der Waals surface area contributed by atoms with Gasteiger partial charge in [0.2, 0.25) is 5.75 Å². The third-order valence-corrected chi connectivity index (χ3v) is 3.98. The molecule has 0 aromatic heterocycles. The molecule has 0 radical (unpaired) electrons. The van der Waals surface area contributed by atoms with E-state index in [9.17, 15) is 9.59 Å². The number of carbonyl (C=O) groups is 2. The van der Waals surface area contributed by atoms with Crippen molar-refractivity contribution in [3.05, 3.63) is 41.5 Å². The minimum Gasteiger partial charge on any atom is -0.493 e. The summed E-state index contributed by atoms with van der Waals surface area (Å²) < 4.78 is 15.7. The number of hydrogen-bond donors (Lipinski definition) is 2. The monoisotopic (exact) mass is 358 g/mol. The number of aryl methyl sites for hydroxylation is 1. The molecule has 2 aromatic rings. The highest BCUT2D eigenvalue weighted by Gasteiger charge is 2.18. The number of ether oxygens (including phenoxy) is 3. The second kappa shape index (κ2) is 8.24. The van der Waals surface area contributed by atoms with E-state index in [1.165, 1.54) is 21.3 Å². The molecule has 0 saturated carbocycles. The zero-order valence-corrected chi connectivity index (χ0v) is 15.4. The molecule has 0 aliphatic carbocycles. The van der Waals surface area contributed by atoms with E-state index in [0.29, 0.717) is 28.6 Å². The van der Waals surface area contributed by atoms with Gasteiger partial charge in [0.1, 0.15) is 0 Å². The number of benzene rings is 2. The Morgan fingerprint density at radius 2 is 1.42 bits per heavy atom. The maximum absolute atomic E-state index is 12.2. The summed E-state index contributed by atoms with van der Waals surface area (Å²) in [4.78, 5) is 24.4. The minimum atomic E-state index is -0.805. The van der Waals surface area contributed by atoms with Crippen LogP contribution in [0.5, 0.6) is 17.2 Å². The SMILES string of the molecule is COc1cc(NC(=O)C(=O)Nc2cccc(C)c2C)cc(OC)c1OC. The Morgan fingerprint density at radius 3 is 1.96 bits per heavy atom. The maximum Gasteiger partial charge on any atom is 0.314 e. The Morgan fingerprint density at radius 1 is 0.846 bits per heavy atom. The summed E-state index contributed by atoms with van der Waals surface area (Å²) in [5.74, 6) is -0.436. The first-order chi connectivity index (χ1) is 12.4. The van der Waals surface area contributed by atoms with Gasteiger partial charge in [-0.25, -0.2) is 0 Å². The molecule has 2 rings (SSSR count). The van der Waals surface area contributed by atoms with Gasteiger partial charge in [0.25, 0.3) is 0 Å². The van der Waals surface area contributed by atoms with E-state index in [1.54, 1.807) is 18.2 Å². The zero-order chi connectivity index (χ0) is 19.3. The molecule has 2 amide bonds. The first-order valence-electron chi connectivity index (χ1n) is 7.89. The highest BCUT2D eigenvalue weighted by Crippen LogP contribution is 2.39. The van der Waals surface area contributed by atoms with Gasteiger partial charge in [0.15, 0.2) is 11.5 Å². The van der Waals surface area contributed by atoms with Crippen molar-refractivity contribution in [2.24, 2.45) is 0 Å². The molecule has 26 heavy (non-hydrogen) atoms.